The van der Waals surface area contributed by atoms with Crippen LogP contribution in [0.25, 0.3) is 0 Å². The monoisotopic (exact) mass is 334 g/mol. The lowest BCUT2D eigenvalue weighted by Crippen LogP contribution is -2.59. The fourth-order valence-corrected chi connectivity index (χ4v) is 7.82. The average Bonchev–Trinajstić information content (AvgIpc) is 2.78. The number of carbonyl (C=O) groups is 1. The molecule has 0 spiro atoms. The van der Waals surface area contributed by atoms with Crippen LogP contribution in [0.5, 0.6) is 0 Å². The van der Waals surface area contributed by atoms with Crippen molar-refractivity contribution in [3.63, 3.8) is 0 Å². The Kier molecular flexibility index (Phi) is 3.76. The van der Waals surface area contributed by atoms with Crippen LogP contribution in [0.4, 0.5) is 0 Å². The highest BCUT2D eigenvalue weighted by molar-refractivity contribution is 5.79. The maximum absolute atomic E-state index is 12.1. The van der Waals surface area contributed by atoms with Crippen LogP contribution in [0.3, 0.4) is 0 Å². The molecule has 0 radical (unpaired) electrons. The van der Waals surface area contributed by atoms with Crippen LogP contribution in [0, 0.1) is 40.4 Å². The maximum Gasteiger partial charge on any atom is 0.133 e. The van der Waals surface area contributed by atoms with Gasteiger partial charge in [-0.25, -0.2) is 0 Å². The van der Waals surface area contributed by atoms with Crippen molar-refractivity contribution in [1.29, 1.82) is 0 Å². The molecule has 3 unspecified atom stereocenters. The highest BCUT2D eigenvalue weighted by Crippen LogP contribution is 2.68. The maximum atomic E-state index is 12.1. The van der Waals surface area contributed by atoms with Crippen molar-refractivity contribution >= 4 is 5.78 Å². The smallest absolute Gasteiger partial charge is 0.133 e. The molecule has 4 aliphatic carbocycles. The molecule has 0 aliphatic heterocycles. The van der Waals surface area contributed by atoms with E-state index in [2.05, 4.69) is 13.8 Å². The third-order valence-electron chi connectivity index (χ3n) is 9.42. The summed E-state index contributed by atoms with van der Waals surface area (Å²) in [6, 6.07) is 0. The molecule has 0 heterocycles. The number of carbonyl (C=O) groups excluding carboxylic acids is 1. The highest BCUT2D eigenvalue weighted by Gasteiger charge is 2.65. The minimum atomic E-state index is -0.544. The van der Waals surface area contributed by atoms with Gasteiger partial charge in [-0.15, -0.1) is 0 Å². The number of rotatable bonds is 1. The van der Waals surface area contributed by atoms with Crippen molar-refractivity contribution in [2.24, 2.45) is 40.4 Å². The van der Waals surface area contributed by atoms with Gasteiger partial charge in [-0.3, -0.25) is 4.79 Å². The fraction of sp³-hybridized carbons (Fsp3) is 0.952. The number of hydrogen-bond acceptors (Lipinski definition) is 3. The number of Topliss-reactive ketones (excluding diaryl/α,β-unsaturated/α-hetero) is 1. The highest BCUT2D eigenvalue weighted by atomic mass is 16.3. The van der Waals surface area contributed by atoms with Crippen molar-refractivity contribution in [3.05, 3.63) is 0 Å². The Balaban J connectivity index is 1.71. The molecule has 4 aliphatic rings. The third kappa shape index (κ3) is 2.00. The largest absolute Gasteiger partial charge is 0.396 e. The van der Waals surface area contributed by atoms with E-state index in [1.165, 1.54) is 6.42 Å². The van der Waals surface area contributed by atoms with E-state index in [1.54, 1.807) is 0 Å². The van der Waals surface area contributed by atoms with Gasteiger partial charge in [0, 0.05) is 24.9 Å². The first kappa shape index (κ1) is 17.0. The summed E-state index contributed by atoms with van der Waals surface area (Å²) in [5, 5.41) is 21.5. The van der Waals surface area contributed by atoms with Gasteiger partial charge in [-0.1, -0.05) is 13.8 Å². The van der Waals surface area contributed by atoms with Gasteiger partial charge in [0.25, 0.3) is 0 Å². The summed E-state index contributed by atoms with van der Waals surface area (Å²) in [5.41, 5.74) is -0.550. The molecule has 8 atom stereocenters. The molecule has 0 aromatic carbocycles. The van der Waals surface area contributed by atoms with Crippen LogP contribution in [0.2, 0.25) is 0 Å². The Morgan fingerprint density at radius 1 is 1.08 bits per heavy atom. The summed E-state index contributed by atoms with van der Waals surface area (Å²) in [7, 11) is 0. The van der Waals surface area contributed by atoms with Gasteiger partial charge < -0.3 is 10.2 Å². The first-order valence-electron chi connectivity index (χ1n) is 10.1. The van der Waals surface area contributed by atoms with Crippen LogP contribution in [0.15, 0.2) is 0 Å². The van der Waals surface area contributed by atoms with Crippen LogP contribution in [-0.2, 0) is 4.79 Å². The van der Waals surface area contributed by atoms with E-state index in [9.17, 15) is 15.0 Å². The van der Waals surface area contributed by atoms with Crippen molar-refractivity contribution < 1.29 is 15.0 Å². The lowest BCUT2D eigenvalue weighted by molar-refractivity contribution is -0.179. The molecule has 0 amide bonds. The molecule has 0 bridgehead atoms. The van der Waals surface area contributed by atoms with Crippen LogP contribution in [-0.4, -0.2) is 28.2 Å². The lowest BCUT2D eigenvalue weighted by atomic mass is 9.42. The van der Waals surface area contributed by atoms with Gasteiger partial charge in [-0.05, 0) is 80.5 Å². The van der Waals surface area contributed by atoms with E-state index in [0.717, 1.165) is 32.1 Å². The second kappa shape index (κ2) is 5.30. The fourth-order valence-electron chi connectivity index (χ4n) is 7.82. The average molecular weight is 335 g/mol. The number of aliphatic hydroxyl groups excluding tert-OH is 1. The molecule has 4 rings (SSSR count). The summed E-state index contributed by atoms with van der Waals surface area (Å²) < 4.78 is 0. The van der Waals surface area contributed by atoms with Gasteiger partial charge in [0.1, 0.15) is 5.78 Å². The van der Waals surface area contributed by atoms with Crippen LogP contribution >= 0.6 is 0 Å². The Hall–Kier alpha value is -0.410. The molecule has 3 heteroatoms. The molecule has 2 N–H and O–H groups in total. The minimum Gasteiger partial charge on any atom is -0.396 e. The topological polar surface area (TPSA) is 57.5 Å². The van der Waals surface area contributed by atoms with Gasteiger partial charge in [0.05, 0.1) is 5.60 Å². The zero-order chi connectivity index (χ0) is 17.3. The van der Waals surface area contributed by atoms with Gasteiger partial charge in [-0.2, -0.15) is 0 Å². The third-order valence-corrected chi connectivity index (χ3v) is 9.42. The van der Waals surface area contributed by atoms with E-state index in [0.29, 0.717) is 48.2 Å². The Labute approximate surface area is 146 Å². The van der Waals surface area contributed by atoms with Gasteiger partial charge >= 0.3 is 0 Å². The van der Waals surface area contributed by atoms with E-state index in [4.69, 9.17) is 0 Å². The first-order valence-corrected chi connectivity index (χ1v) is 10.1. The summed E-state index contributed by atoms with van der Waals surface area (Å²) in [6.07, 6.45) is 7.65. The SMILES string of the molecule is CC1C[C@@H]2[C@@H](CC[C@@]3(C)[C@H]2CCC3(C)O)[C@@]2(CO)CCC(=O)CC12. The number of aliphatic hydroxyl groups is 2. The standard InChI is InChI=1S/C21H34O3/c1-13-10-15-16-6-8-20(3,24)19(16,2)7-5-17(15)21(12-22)9-4-14(23)11-18(13)21/h13,15-18,22,24H,4-12H2,1-3H3/t13?,15-,16-,17+,18?,19-,20?,21-/m0/s1. The molecule has 136 valence electrons. The minimum absolute atomic E-state index is 0.0296. The zero-order valence-corrected chi connectivity index (χ0v) is 15.6. The lowest BCUT2D eigenvalue weighted by Gasteiger charge is -2.63. The molecular formula is C21H34O3. The van der Waals surface area contributed by atoms with E-state index >= 15 is 0 Å². The van der Waals surface area contributed by atoms with E-state index < -0.39 is 5.60 Å². The normalized spacial score (nSPS) is 57.2. The second-order valence-electron chi connectivity index (χ2n) is 10.1. The molecular weight excluding hydrogens is 300 g/mol. The molecule has 3 nitrogen and oxygen atoms in total. The summed E-state index contributed by atoms with van der Waals surface area (Å²) in [6.45, 7) is 6.91. The predicted octanol–water partition coefficient (Wildman–Crippen LogP) is 3.57. The Morgan fingerprint density at radius 2 is 1.79 bits per heavy atom. The molecule has 0 aromatic heterocycles. The molecule has 4 fully saturated rings. The predicted molar refractivity (Wildman–Crippen MR) is 93.3 cm³/mol. The molecule has 4 saturated carbocycles. The van der Waals surface area contributed by atoms with Crippen LogP contribution in [0.1, 0.15) is 72.1 Å². The quantitative estimate of drug-likeness (QED) is 0.771. The summed E-state index contributed by atoms with van der Waals surface area (Å²) >= 11 is 0. The van der Waals surface area contributed by atoms with Crippen molar-refractivity contribution in [1.82, 2.24) is 0 Å². The van der Waals surface area contributed by atoms with Crippen molar-refractivity contribution in [2.75, 3.05) is 6.61 Å². The molecule has 24 heavy (non-hydrogen) atoms. The summed E-state index contributed by atoms with van der Waals surface area (Å²) in [5.74, 6) is 3.02. The number of hydrogen-bond donors (Lipinski definition) is 2. The molecule has 0 saturated heterocycles. The van der Waals surface area contributed by atoms with E-state index in [1.807, 2.05) is 6.92 Å². The van der Waals surface area contributed by atoms with Gasteiger partial charge in [0.2, 0.25) is 0 Å². The Morgan fingerprint density at radius 3 is 2.50 bits per heavy atom. The van der Waals surface area contributed by atoms with Crippen molar-refractivity contribution in [3.8, 4) is 0 Å². The first-order chi connectivity index (χ1) is 11.2. The molecule has 0 aromatic rings. The van der Waals surface area contributed by atoms with Crippen molar-refractivity contribution in [2.45, 2.75) is 77.7 Å². The van der Waals surface area contributed by atoms with Gasteiger partial charge in [0.15, 0.2) is 0 Å². The van der Waals surface area contributed by atoms with E-state index in [-0.39, 0.29) is 17.4 Å². The summed E-state index contributed by atoms with van der Waals surface area (Å²) in [4.78, 5) is 12.1. The number of fused-ring (bicyclic) bond motifs is 5. The zero-order valence-electron chi connectivity index (χ0n) is 15.6. The Bertz CT molecular complexity index is 541. The number of ketones is 1. The van der Waals surface area contributed by atoms with Crippen LogP contribution < -0.4 is 0 Å². The second-order valence-corrected chi connectivity index (χ2v) is 10.1.